The molecule has 1 aliphatic rings. The highest BCUT2D eigenvalue weighted by Gasteiger charge is 2.28. The maximum Gasteiger partial charge on any atom is -0.0246 e. The summed E-state index contributed by atoms with van der Waals surface area (Å²) in [5.41, 5.74) is 6.07. The van der Waals surface area contributed by atoms with E-state index < -0.39 is 0 Å². The van der Waals surface area contributed by atoms with E-state index in [9.17, 15) is 0 Å². The van der Waals surface area contributed by atoms with Crippen LogP contribution in [0.25, 0.3) is 0 Å². The normalized spacial score (nSPS) is 22.9. The van der Waals surface area contributed by atoms with Gasteiger partial charge in [0.25, 0.3) is 0 Å². The molecule has 0 heteroatoms. The first kappa shape index (κ1) is 14.3. The summed E-state index contributed by atoms with van der Waals surface area (Å²) in [5.74, 6) is 0.815. The Hall–Kier alpha value is -0.780. The first-order chi connectivity index (χ1) is 7.71. The molecule has 0 spiro atoms. The Balaban J connectivity index is 2.91. The van der Waals surface area contributed by atoms with Gasteiger partial charge in [0.1, 0.15) is 0 Å². The third kappa shape index (κ3) is 3.87. The number of rotatable bonds is 2. The molecule has 0 saturated heterocycles. The molecule has 0 nitrogen and oxygen atoms in total. The lowest BCUT2D eigenvalue weighted by atomic mass is 9.70. The van der Waals surface area contributed by atoms with Crippen LogP contribution in [0.15, 0.2) is 34.9 Å². The van der Waals surface area contributed by atoms with Crippen LogP contribution in [0, 0.1) is 11.3 Å². The van der Waals surface area contributed by atoms with Crippen molar-refractivity contribution in [2.24, 2.45) is 11.3 Å². The fraction of sp³-hybridized carbons (Fsp3) is 0.647. The SMILES string of the molecule is C=C(C)/C(C)=C\C1=C(C)CCC(C(C)(C)C)C1. The first-order valence-corrected chi connectivity index (χ1v) is 6.74. The Kier molecular flexibility index (Phi) is 4.41. The zero-order valence-electron chi connectivity index (χ0n) is 12.5. The zero-order chi connectivity index (χ0) is 13.2. The average Bonchev–Trinajstić information content (AvgIpc) is 2.19. The summed E-state index contributed by atoms with van der Waals surface area (Å²) in [5, 5.41) is 0. The molecule has 0 aromatic rings. The van der Waals surface area contributed by atoms with Crippen LogP contribution in [0.5, 0.6) is 0 Å². The van der Waals surface area contributed by atoms with Gasteiger partial charge >= 0.3 is 0 Å². The molecule has 0 fully saturated rings. The standard InChI is InChI=1S/C17H28/c1-12(2)14(4)10-15-11-16(17(5,6)7)9-8-13(15)3/h10,16H,1,8-9,11H2,2-7H3/b14-10-. The van der Waals surface area contributed by atoms with Crippen LogP contribution in [-0.2, 0) is 0 Å². The third-order valence-corrected chi connectivity index (χ3v) is 4.17. The van der Waals surface area contributed by atoms with Crippen molar-refractivity contribution >= 4 is 0 Å². The minimum atomic E-state index is 0.427. The van der Waals surface area contributed by atoms with Gasteiger partial charge in [0.2, 0.25) is 0 Å². The smallest absolute Gasteiger partial charge is 0.0246 e. The summed E-state index contributed by atoms with van der Waals surface area (Å²) in [6.07, 6.45) is 6.20. The van der Waals surface area contributed by atoms with Crippen LogP contribution >= 0.6 is 0 Å². The predicted octanol–water partition coefficient (Wildman–Crippen LogP) is 5.67. The molecule has 1 atom stereocenters. The van der Waals surface area contributed by atoms with E-state index in [2.05, 4.69) is 54.2 Å². The Morgan fingerprint density at radius 3 is 2.35 bits per heavy atom. The van der Waals surface area contributed by atoms with Crippen LogP contribution < -0.4 is 0 Å². The lowest BCUT2D eigenvalue weighted by molar-refractivity contribution is 0.217. The fourth-order valence-corrected chi connectivity index (χ4v) is 2.40. The molecule has 17 heavy (non-hydrogen) atoms. The molecule has 1 aliphatic carbocycles. The monoisotopic (exact) mass is 232 g/mol. The van der Waals surface area contributed by atoms with E-state index in [4.69, 9.17) is 0 Å². The molecule has 0 aliphatic heterocycles. The minimum absolute atomic E-state index is 0.427. The van der Waals surface area contributed by atoms with Gasteiger partial charge in [-0.15, -0.1) is 0 Å². The number of allylic oxidation sites excluding steroid dienone is 5. The molecule has 0 aromatic carbocycles. The Morgan fingerprint density at radius 2 is 1.88 bits per heavy atom. The Labute approximate surface area is 108 Å². The van der Waals surface area contributed by atoms with E-state index in [1.54, 1.807) is 11.1 Å². The number of hydrogen-bond acceptors (Lipinski definition) is 0. The second-order valence-electron chi connectivity index (χ2n) is 6.72. The lowest BCUT2D eigenvalue weighted by Crippen LogP contribution is -2.23. The summed E-state index contributed by atoms with van der Waals surface area (Å²) in [7, 11) is 0. The van der Waals surface area contributed by atoms with Crippen molar-refractivity contribution < 1.29 is 0 Å². The maximum absolute atomic E-state index is 4.02. The summed E-state index contributed by atoms with van der Waals surface area (Å²) < 4.78 is 0. The van der Waals surface area contributed by atoms with Crippen molar-refractivity contribution in [1.82, 2.24) is 0 Å². The van der Waals surface area contributed by atoms with Crippen molar-refractivity contribution in [3.8, 4) is 0 Å². The summed E-state index contributed by atoms with van der Waals surface area (Å²) in [6, 6.07) is 0. The topological polar surface area (TPSA) is 0 Å². The second kappa shape index (κ2) is 5.25. The van der Waals surface area contributed by atoms with Crippen LogP contribution in [0.3, 0.4) is 0 Å². The second-order valence-corrected chi connectivity index (χ2v) is 6.72. The quantitative estimate of drug-likeness (QED) is 0.538. The van der Waals surface area contributed by atoms with Crippen molar-refractivity contribution in [3.63, 3.8) is 0 Å². The molecular formula is C17H28. The average molecular weight is 232 g/mol. The van der Waals surface area contributed by atoms with E-state index in [1.165, 1.54) is 30.4 Å². The molecule has 0 N–H and O–H groups in total. The van der Waals surface area contributed by atoms with Gasteiger partial charge < -0.3 is 0 Å². The van der Waals surface area contributed by atoms with Crippen molar-refractivity contribution in [2.75, 3.05) is 0 Å². The van der Waals surface area contributed by atoms with Crippen LogP contribution in [0.4, 0.5) is 0 Å². The molecule has 0 aromatic heterocycles. The largest absolute Gasteiger partial charge is 0.0958 e. The highest BCUT2D eigenvalue weighted by atomic mass is 14.3. The molecule has 0 heterocycles. The maximum atomic E-state index is 4.02. The van der Waals surface area contributed by atoms with Crippen LogP contribution in [0.2, 0.25) is 0 Å². The van der Waals surface area contributed by atoms with Gasteiger partial charge in [-0.25, -0.2) is 0 Å². The van der Waals surface area contributed by atoms with E-state index in [0.717, 1.165) is 5.92 Å². The van der Waals surface area contributed by atoms with Crippen molar-refractivity contribution in [3.05, 3.63) is 34.9 Å². The van der Waals surface area contributed by atoms with E-state index in [0.29, 0.717) is 5.41 Å². The van der Waals surface area contributed by atoms with Crippen LogP contribution in [-0.4, -0.2) is 0 Å². The Morgan fingerprint density at radius 1 is 1.29 bits per heavy atom. The van der Waals surface area contributed by atoms with E-state index in [-0.39, 0.29) is 0 Å². The molecule has 1 rings (SSSR count). The fourth-order valence-electron chi connectivity index (χ4n) is 2.40. The molecule has 0 amide bonds. The van der Waals surface area contributed by atoms with E-state index in [1.807, 2.05) is 0 Å². The highest BCUT2D eigenvalue weighted by molar-refractivity contribution is 5.36. The molecular weight excluding hydrogens is 204 g/mol. The summed E-state index contributed by atoms with van der Waals surface area (Å²) >= 11 is 0. The van der Waals surface area contributed by atoms with Gasteiger partial charge in [0.15, 0.2) is 0 Å². The van der Waals surface area contributed by atoms with Crippen molar-refractivity contribution in [2.45, 2.75) is 60.8 Å². The molecule has 96 valence electrons. The van der Waals surface area contributed by atoms with Crippen molar-refractivity contribution in [1.29, 1.82) is 0 Å². The van der Waals surface area contributed by atoms with Gasteiger partial charge in [-0.1, -0.05) is 44.6 Å². The third-order valence-electron chi connectivity index (χ3n) is 4.17. The molecule has 0 radical (unpaired) electrons. The zero-order valence-corrected chi connectivity index (χ0v) is 12.5. The predicted molar refractivity (Wildman–Crippen MR) is 78.1 cm³/mol. The summed E-state index contributed by atoms with van der Waals surface area (Å²) in [4.78, 5) is 0. The first-order valence-electron chi connectivity index (χ1n) is 6.74. The van der Waals surface area contributed by atoms with Gasteiger partial charge in [0.05, 0.1) is 0 Å². The Bertz CT molecular complexity index is 358. The highest BCUT2D eigenvalue weighted by Crippen LogP contribution is 2.40. The number of hydrogen-bond donors (Lipinski definition) is 0. The molecule has 0 saturated carbocycles. The van der Waals surface area contributed by atoms with Gasteiger partial charge in [-0.3, -0.25) is 0 Å². The molecule has 1 unspecified atom stereocenters. The minimum Gasteiger partial charge on any atom is -0.0958 e. The van der Waals surface area contributed by atoms with Crippen LogP contribution in [0.1, 0.15) is 60.8 Å². The van der Waals surface area contributed by atoms with Gasteiger partial charge in [-0.2, -0.15) is 0 Å². The lowest BCUT2D eigenvalue weighted by Gasteiger charge is -2.35. The van der Waals surface area contributed by atoms with Gasteiger partial charge in [0, 0.05) is 0 Å². The van der Waals surface area contributed by atoms with Gasteiger partial charge in [-0.05, 0) is 62.5 Å². The summed E-state index contributed by atoms with van der Waals surface area (Å²) in [6.45, 7) is 17.7. The van der Waals surface area contributed by atoms with E-state index >= 15 is 0 Å². The molecule has 0 bridgehead atoms.